The molecule has 2 heteroatoms. The van der Waals surface area contributed by atoms with Crippen molar-refractivity contribution in [1.29, 1.82) is 0 Å². The predicted octanol–water partition coefficient (Wildman–Crippen LogP) is 2.47. The largest absolute Gasteiger partial charge is 0.488 e. The standard InChI is InChI=1S/C11H14O2/c1-3-12-9-10(2)13-11-7-5-4-6-8-11/h4-10H,2-3H2,1H3. The van der Waals surface area contributed by atoms with Gasteiger partial charge in [0.1, 0.15) is 18.5 Å². The minimum atomic E-state index is -0.262. The summed E-state index contributed by atoms with van der Waals surface area (Å²) in [7, 11) is 0. The van der Waals surface area contributed by atoms with Crippen molar-refractivity contribution in [2.75, 3.05) is 6.61 Å². The Kier molecular flexibility index (Phi) is 4.33. The average molecular weight is 178 g/mol. The van der Waals surface area contributed by atoms with E-state index in [-0.39, 0.29) is 6.10 Å². The molecule has 0 N–H and O–H groups in total. The van der Waals surface area contributed by atoms with Gasteiger partial charge in [-0.25, -0.2) is 0 Å². The van der Waals surface area contributed by atoms with Gasteiger partial charge in [0, 0.05) is 6.61 Å². The van der Waals surface area contributed by atoms with Crippen molar-refractivity contribution < 1.29 is 9.47 Å². The van der Waals surface area contributed by atoms with Gasteiger partial charge in [0.25, 0.3) is 0 Å². The summed E-state index contributed by atoms with van der Waals surface area (Å²) in [4.78, 5) is 0. The van der Waals surface area contributed by atoms with Crippen LogP contribution in [0, 0.1) is 13.5 Å². The van der Waals surface area contributed by atoms with E-state index in [0.717, 1.165) is 5.75 Å². The fraction of sp³-hybridized carbons (Fsp3) is 0.273. The average Bonchev–Trinajstić information content (AvgIpc) is 2.16. The molecular weight excluding hydrogens is 164 g/mol. The maximum atomic E-state index is 5.42. The summed E-state index contributed by atoms with van der Waals surface area (Å²) in [5, 5.41) is 0. The van der Waals surface area contributed by atoms with E-state index in [9.17, 15) is 0 Å². The van der Waals surface area contributed by atoms with Gasteiger partial charge in [0.15, 0.2) is 0 Å². The van der Waals surface area contributed by atoms with Crippen LogP contribution in [0.1, 0.15) is 6.92 Å². The Bertz CT molecular complexity index is 221. The maximum Gasteiger partial charge on any atom is 0.128 e. The molecule has 1 atom stereocenters. The van der Waals surface area contributed by atoms with Crippen LogP contribution in [0.3, 0.4) is 0 Å². The number of para-hydroxylation sites is 1. The molecule has 1 aromatic rings. The molecule has 0 saturated heterocycles. The summed E-state index contributed by atoms with van der Waals surface area (Å²) in [6, 6.07) is 9.55. The molecule has 1 unspecified atom stereocenters. The van der Waals surface area contributed by atoms with Crippen molar-refractivity contribution in [3.63, 3.8) is 0 Å². The van der Waals surface area contributed by atoms with Crippen LogP contribution in [0.4, 0.5) is 0 Å². The number of rotatable bonds is 5. The third-order valence-electron chi connectivity index (χ3n) is 1.45. The normalized spacial score (nSPS) is 12.5. The SMILES string of the molecule is [CH2]C([CH]OCC)Oc1ccccc1. The Morgan fingerprint density at radius 1 is 1.38 bits per heavy atom. The fourth-order valence-corrected chi connectivity index (χ4v) is 0.905. The summed E-state index contributed by atoms with van der Waals surface area (Å²) in [6.45, 7) is 7.92. The summed E-state index contributed by atoms with van der Waals surface area (Å²) in [5.41, 5.74) is 0. The molecule has 0 aromatic heterocycles. The van der Waals surface area contributed by atoms with Gasteiger partial charge in [-0.1, -0.05) is 18.2 Å². The lowest BCUT2D eigenvalue weighted by molar-refractivity contribution is 0.136. The number of ether oxygens (including phenoxy) is 2. The lowest BCUT2D eigenvalue weighted by Gasteiger charge is -2.13. The third-order valence-corrected chi connectivity index (χ3v) is 1.45. The predicted molar refractivity (Wildman–Crippen MR) is 52.1 cm³/mol. The Labute approximate surface area is 79.5 Å². The molecule has 2 radical (unpaired) electrons. The molecule has 0 amide bonds. The summed E-state index contributed by atoms with van der Waals surface area (Å²) < 4.78 is 10.5. The van der Waals surface area contributed by atoms with Gasteiger partial charge in [-0.15, -0.1) is 0 Å². The van der Waals surface area contributed by atoms with Crippen LogP contribution in [-0.4, -0.2) is 12.7 Å². The number of benzene rings is 1. The monoisotopic (exact) mass is 178 g/mol. The first-order valence-corrected chi connectivity index (χ1v) is 4.32. The van der Waals surface area contributed by atoms with Crippen molar-refractivity contribution in [2.45, 2.75) is 13.0 Å². The van der Waals surface area contributed by atoms with E-state index < -0.39 is 0 Å². The molecule has 13 heavy (non-hydrogen) atoms. The van der Waals surface area contributed by atoms with Crippen LogP contribution in [0.25, 0.3) is 0 Å². The van der Waals surface area contributed by atoms with E-state index in [4.69, 9.17) is 9.47 Å². The van der Waals surface area contributed by atoms with Gasteiger partial charge < -0.3 is 9.47 Å². The summed E-state index contributed by atoms with van der Waals surface area (Å²) in [5.74, 6) is 0.804. The van der Waals surface area contributed by atoms with E-state index in [1.165, 1.54) is 0 Å². The molecule has 0 fully saturated rings. The molecule has 0 heterocycles. The van der Waals surface area contributed by atoms with Crippen LogP contribution in [0.2, 0.25) is 0 Å². The van der Waals surface area contributed by atoms with Gasteiger partial charge in [-0.3, -0.25) is 0 Å². The minimum Gasteiger partial charge on any atom is -0.488 e. The summed E-state index contributed by atoms with van der Waals surface area (Å²) in [6.07, 6.45) is -0.262. The molecule has 0 saturated carbocycles. The van der Waals surface area contributed by atoms with Gasteiger partial charge in [-0.2, -0.15) is 0 Å². The van der Waals surface area contributed by atoms with Gasteiger partial charge in [0.2, 0.25) is 0 Å². The van der Waals surface area contributed by atoms with Crippen LogP contribution in [-0.2, 0) is 4.74 Å². The highest BCUT2D eigenvalue weighted by Crippen LogP contribution is 2.11. The van der Waals surface area contributed by atoms with Crippen LogP contribution >= 0.6 is 0 Å². The maximum absolute atomic E-state index is 5.42. The minimum absolute atomic E-state index is 0.262. The molecule has 1 rings (SSSR count). The van der Waals surface area contributed by atoms with E-state index in [0.29, 0.717) is 6.61 Å². The zero-order valence-corrected chi connectivity index (χ0v) is 7.77. The molecule has 0 bridgehead atoms. The van der Waals surface area contributed by atoms with E-state index >= 15 is 0 Å². The highest BCUT2D eigenvalue weighted by Gasteiger charge is 2.03. The summed E-state index contributed by atoms with van der Waals surface area (Å²) >= 11 is 0. The lowest BCUT2D eigenvalue weighted by atomic mass is 10.3. The number of hydrogen-bond donors (Lipinski definition) is 0. The second-order valence-corrected chi connectivity index (χ2v) is 2.56. The first-order valence-electron chi connectivity index (χ1n) is 4.32. The van der Waals surface area contributed by atoms with Crippen molar-refractivity contribution in [3.05, 3.63) is 43.9 Å². The highest BCUT2D eigenvalue weighted by molar-refractivity contribution is 5.21. The van der Waals surface area contributed by atoms with E-state index in [2.05, 4.69) is 6.92 Å². The van der Waals surface area contributed by atoms with Gasteiger partial charge in [-0.05, 0) is 26.0 Å². The van der Waals surface area contributed by atoms with Crippen molar-refractivity contribution >= 4 is 0 Å². The molecule has 1 aromatic carbocycles. The lowest BCUT2D eigenvalue weighted by Crippen LogP contribution is -2.14. The highest BCUT2D eigenvalue weighted by atomic mass is 16.5. The van der Waals surface area contributed by atoms with E-state index in [1.807, 2.05) is 37.3 Å². The Hall–Kier alpha value is -1.02. The van der Waals surface area contributed by atoms with Crippen LogP contribution < -0.4 is 4.74 Å². The van der Waals surface area contributed by atoms with Crippen LogP contribution in [0.15, 0.2) is 30.3 Å². The van der Waals surface area contributed by atoms with Gasteiger partial charge >= 0.3 is 0 Å². The number of hydrogen-bond acceptors (Lipinski definition) is 2. The third kappa shape index (κ3) is 3.95. The van der Waals surface area contributed by atoms with Crippen molar-refractivity contribution in [1.82, 2.24) is 0 Å². The second-order valence-electron chi connectivity index (χ2n) is 2.56. The molecule has 70 valence electrons. The molecule has 2 nitrogen and oxygen atoms in total. The Morgan fingerprint density at radius 3 is 2.69 bits per heavy atom. The van der Waals surface area contributed by atoms with E-state index in [1.54, 1.807) is 6.61 Å². The van der Waals surface area contributed by atoms with Crippen molar-refractivity contribution in [2.24, 2.45) is 0 Å². The first kappa shape index (κ1) is 10.1. The zero-order chi connectivity index (χ0) is 9.52. The van der Waals surface area contributed by atoms with Crippen molar-refractivity contribution in [3.8, 4) is 5.75 Å². The Morgan fingerprint density at radius 2 is 2.08 bits per heavy atom. The molecule has 0 aliphatic heterocycles. The second kappa shape index (κ2) is 5.60. The zero-order valence-electron chi connectivity index (χ0n) is 7.77. The molecule has 0 aliphatic rings. The van der Waals surface area contributed by atoms with Crippen LogP contribution in [0.5, 0.6) is 5.75 Å². The Balaban J connectivity index is 2.32. The fourth-order valence-electron chi connectivity index (χ4n) is 0.905. The quantitative estimate of drug-likeness (QED) is 0.689. The topological polar surface area (TPSA) is 18.5 Å². The van der Waals surface area contributed by atoms with Gasteiger partial charge in [0.05, 0.1) is 0 Å². The molecule has 0 aliphatic carbocycles. The molecular formula is C11H14O2. The first-order chi connectivity index (χ1) is 6.33. The smallest absolute Gasteiger partial charge is 0.128 e. The molecule has 0 spiro atoms.